The molecule has 0 fully saturated rings. The summed E-state index contributed by atoms with van der Waals surface area (Å²) in [5, 5.41) is 15.5. The van der Waals surface area contributed by atoms with Gasteiger partial charge in [0.15, 0.2) is 0 Å². The number of rotatable bonds is 5. The highest BCUT2D eigenvalue weighted by Gasteiger charge is 2.10. The van der Waals surface area contributed by atoms with Gasteiger partial charge in [-0.15, -0.1) is 0 Å². The normalized spacial score (nSPS) is 11.7. The van der Waals surface area contributed by atoms with Gasteiger partial charge in [0.1, 0.15) is 0 Å². The molecule has 1 unspecified atom stereocenters. The predicted octanol–water partition coefficient (Wildman–Crippen LogP) is 2.51. The van der Waals surface area contributed by atoms with E-state index in [0.29, 0.717) is 24.2 Å². The zero-order valence-corrected chi connectivity index (χ0v) is 11.6. The third-order valence-electron chi connectivity index (χ3n) is 3.09. The first kappa shape index (κ1) is 14.9. The lowest BCUT2D eigenvalue weighted by molar-refractivity contribution is 0.168. The van der Waals surface area contributed by atoms with Crippen molar-refractivity contribution in [3.63, 3.8) is 0 Å². The zero-order valence-electron chi connectivity index (χ0n) is 11.6. The van der Waals surface area contributed by atoms with E-state index >= 15 is 0 Å². The maximum absolute atomic E-state index is 11.7. The van der Waals surface area contributed by atoms with Gasteiger partial charge in [-0.05, 0) is 24.6 Å². The molecule has 1 atom stereocenters. The van der Waals surface area contributed by atoms with E-state index in [4.69, 9.17) is 5.73 Å². The number of para-hydroxylation sites is 2. The highest BCUT2D eigenvalue weighted by molar-refractivity contribution is 5.89. The molecule has 0 aliphatic rings. The van der Waals surface area contributed by atoms with Crippen LogP contribution in [-0.4, -0.2) is 17.7 Å². The number of nitrogens with two attached hydrogens (primary N) is 1. The van der Waals surface area contributed by atoms with Gasteiger partial charge in [0, 0.05) is 23.5 Å². The van der Waals surface area contributed by atoms with Gasteiger partial charge in [0.25, 0.3) is 0 Å². The number of urea groups is 1. The number of aliphatic hydroxyl groups is 1. The molecular weight excluding hydrogens is 266 g/mol. The van der Waals surface area contributed by atoms with Crippen LogP contribution in [0.4, 0.5) is 16.2 Å². The van der Waals surface area contributed by atoms with Crippen LogP contribution in [0.1, 0.15) is 18.1 Å². The number of aliphatic hydroxyl groups excluding tert-OH is 1. The summed E-state index contributed by atoms with van der Waals surface area (Å²) >= 11 is 0. The molecule has 2 aromatic rings. The van der Waals surface area contributed by atoms with E-state index in [9.17, 15) is 9.90 Å². The minimum atomic E-state index is -0.691. The van der Waals surface area contributed by atoms with Crippen molar-refractivity contribution in [2.75, 3.05) is 17.6 Å². The molecule has 0 aliphatic heterocycles. The lowest BCUT2D eigenvalue weighted by Gasteiger charge is -2.14. The van der Waals surface area contributed by atoms with Gasteiger partial charge in [-0.25, -0.2) is 4.79 Å². The molecule has 2 aromatic carbocycles. The van der Waals surface area contributed by atoms with Gasteiger partial charge >= 0.3 is 6.03 Å². The maximum Gasteiger partial charge on any atom is 0.319 e. The van der Waals surface area contributed by atoms with Gasteiger partial charge in [-0.2, -0.15) is 0 Å². The monoisotopic (exact) mass is 285 g/mol. The summed E-state index contributed by atoms with van der Waals surface area (Å²) in [6, 6.07) is 16.0. The van der Waals surface area contributed by atoms with Crippen molar-refractivity contribution in [3.05, 3.63) is 60.2 Å². The van der Waals surface area contributed by atoms with Crippen LogP contribution in [0.15, 0.2) is 54.6 Å². The molecule has 2 amide bonds. The smallest absolute Gasteiger partial charge is 0.319 e. The Morgan fingerprint density at radius 2 is 1.76 bits per heavy atom. The van der Waals surface area contributed by atoms with Crippen LogP contribution < -0.4 is 16.4 Å². The van der Waals surface area contributed by atoms with E-state index in [2.05, 4.69) is 10.6 Å². The van der Waals surface area contributed by atoms with Crippen molar-refractivity contribution in [1.29, 1.82) is 0 Å². The maximum atomic E-state index is 11.7. The third kappa shape index (κ3) is 4.50. The van der Waals surface area contributed by atoms with Crippen LogP contribution in [0, 0.1) is 0 Å². The average molecular weight is 285 g/mol. The van der Waals surface area contributed by atoms with Crippen molar-refractivity contribution in [2.45, 2.75) is 12.5 Å². The van der Waals surface area contributed by atoms with Crippen molar-refractivity contribution >= 4 is 17.4 Å². The zero-order chi connectivity index (χ0) is 15.1. The SMILES string of the molecule is Nc1ccccc1C(O)CCNC(=O)Nc1ccccc1. The van der Waals surface area contributed by atoms with Crippen molar-refractivity contribution in [1.82, 2.24) is 5.32 Å². The quantitative estimate of drug-likeness (QED) is 0.637. The molecule has 0 aromatic heterocycles. The Labute approximate surface area is 123 Å². The second kappa shape index (κ2) is 7.31. The Morgan fingerprint density at radius 1 is 1.10 bits per heavy atom. The fraction of sp³-hybridized carbons (Fsp3) is 0.188. The molecule has 0 spiro atoms. The summed E-state index contributed by atoms with van der Waals surface area (Å²) in [5.41, 5.74) is 7.76. The lowest BCUT2D eigenvalue weighted by atomic mass is 10.0. The first-order valence-electron chi connectivity index (χ1n) is 6.79. The number of benzene rings is 2. The lowest BCUT2D eigenvalue weighted by Crippen LogP contribution is -2.30. The Hall–Kier alpha value is -2.53. The Kier molecular flexibility index (Phi) is 5.17. The summed E-state index contributed by atoms with van der Waals surface area (Å²) in [4.78, 5) is 11.7. The van der Waals surface area contributed by atoms with Crippen molar-refractivity contribution in [3.8, 4) is 0 Å². The highest BCUT2D eigenvalue weighted by atomic mass is 16.3. The molecule has 5 nitrogen and oxygen atoms in total. The van der Waals surface area contributed by atoms with Crippen LogP contribution in [0.25, 0.3) is 0 Å². The molecule has 21 heavy (non-hydrogen) atoms. The van der Waals surface area contributed by atoms with Gasteiger partial charge in [0.05, 0.1) is 6.10 Å². The van der Waals surface area contributed by atoms with E-state index in [0.717, 1.165) is 5.69 Å². The van der Waals surface area contributed by atoms with E-state index in [1.54, 1.807) is 24.3 Å². The fourth-order valence-corrected chi connectivity index (χ4v) is 1.99. The van der Waals surface area contributed by atoms with Crippen molar-refractivity contribution in [2.24, 2.45) is 0 Å². The number of hydrogen-bond acceptors (Lipinski definition) is 3. The van der Waals surface area contributed by atoms with Crippen LogP contribution >= 0.6 is 0 Å². The first-order valence-corrected chi connectivity index (χ1v) is 6.79. The largest absolute Gasteiger partial charge is 0.398 e. The van der Waals surface area contributed by atoms with E-state index in [1.165, 1.54) is 0 Å². The number of carbonyl (C=O) groups is 1. The van der Waals surface area contributed by atoms with Gasteiger partial charge in [-0.1, -0.05) is 36.4 Å². The fourth-order valence-electron chi connectivity index (χ4n) is 1.99. The molecule has 0 saturated heterocycles. The van der Waals surface area contributed by atoms with Crippen LogP contribution in [0.3, 0.4) is 0 Å². The molecule has 0 saturated carbocycles. The molecule has 2 rings (SSSR count). The molecule has 5 heteroatoms. The summed E-state index contributed by atoms with van der Waals surface area (Å²) in [5.74, 6) is 0. The van der Waals surface area contributed by atoms with Crippen LogP contribution in [0.2, 0.25) is 0 Å². The highest BCUT2D eigenvalue weighted by Crippen LogP contribution is 2.21. The summed E-state index contributed by atoms with van der Waals surface area (Å²) in [7, 11) is 0. The molecule has 0 bridgehead atoms. The van der Waals surface area contributed by atoms with Gasteiger partial charge < -0.3 is 21.5 Å². The number of nitrogen functional groups attached to an aromatic ring is 1. The molecule has 5 N–H and O–H groups in total. The minimum Gasteiger partial charge on any atom is -0.398 e. The summed E-state index contributed by atoms with van der Waals surface area (Å²) in [6.45, 7) is 0.355. The van der Waals surface area contributed by atoms with Crippen molar-refractivity contribution < 1.29 is 9.90 Å². The number of nitrogens with one attached hydrogen (secondary N) is 2. The average Bonchev–Trinajstić information content (AvgIpc) is 2.48. The number of anilines is 2. The second-order valence-electron chi connectivity index (χ2n) is 4.68. The predicted molar refractivity (Wildman–Crippen MR) is 83.9 cm³/mol. The standard InChI is InChI=1S/C16H19N3O2/c17-14-9-5-4-8-13(14)15(20)10-11-18-16(21)19-12-6-2-1-3-7-12/h1-9,15,20H,10-11,17H2,(H2,18,19,21). The number of carbonyl (C=O) groups excluding carboxylic acids is 1. The van der Waals surface area contributed by atoms with E-state index < -0.39 is 6.10 Å². The summed E-state index contributed by atoms with van der Waals surface area (Å²) in [6.07, 6.45) is -0.292. The molecule has 0 heterocycles. The number of amides is 2. The Balaban J connectivity index is 1.76. The van der Waals surface area contributed by atoms with E-state index in [-0.39, 0.29) is 6.03 Å². The molecular formula is C16H19N3O2. The Morgan fingerprint density at radius 3 is 2.48 bits per heavy atom. The van der Waals surface area contributed by atoms with E-state index in [1.807, 2.05) is 30.3 Å². The topological polar surface area (TPSA) is 87.4 Å². The van der Waals surface area contributed by atoms with Gasteiger partial charge in [0.2, 0.25) is 0 Å². The first-order chi connectivity index (χ1) is 10.2. The Bertz CT molecular complexity index is 587. The third-order valence-corrected chi connectivity index (χ3v) is 3.09. The second-order valence-corrected chi connectivity index (χ2v) is 4.68. The molecule has 0 radical (unpaired) electrons. The van der Waals surface area contributed by atoms with Crippen LogP contribution in [-0.2, 0) is 0 Å². The van der Waals surface area contributed by atoms with Gasteiger partial charge in [-0.3, -0.25) is 0 Å². The number of hydrogen-bond donors (Lipinski definition) is 4. The minimum absolute atomic E-state index is 0.297. The molecule has 0 aliphatic carbocycles. The van der Waals surface area contributed by atoms with Crippen LogP contribution in [0.5, 0.6) is 0 Å². The summed E-state index contributed by atoms with van der Waals surface area (Å²) < 4.78 is 0. The molecule has 110 valence electrons.